The molecule has 0 aliphatic rings. The first kappa shape index (κ1) is 20.6. The van der Waals surface area contributed by atoms with Crippen molar-refractivity contribution in [3.05, 3.63) is 71.3 Å². The molecule has 2 aromatic rings. The first-order chi connectivity index (χ1) is 13.0. The summed E-state index contributed by atoms with van der Waals surface area (Å²) in [4.78, 5) is 24.0. The fourth-order valence-corrected chi connectivity index (χ4v) is 2.85. The lowest BCUT2D eigenvalue weighted by Crippen LogP contribution is -2.33. The van der Waals surface area contributed by atoms with Gasteiger partial charge in [0.15, 0.2) is 12.2 Å². The second-order valence-electron chi connectivity index (χ2n) is 6.35. The molecular weight excluding hydrogens is 342 g/mol. The molecule has 0 spiro atoms. The van der Waals surface area contributed by atoms with Crippen molar-refractivity contribution in [2.45, 2.75) is 45.3 Å². The number of hydrogen-bond donors (Lipinski definition) is 1. The minimum atomic E-state index is -0.989. The Morgan fingerprint density at radius 2 is 1.59 bits per heavy atom. The molecule has 5 nitrogen and oxygen atoms in total. The fourth-order valence-electron chi connectivity index (χ4n) is 2.85. The summed E-state index contributed by atoms with van der Waals surface area (Å²) in [6, 6.07) is 17.7. The number of rotatable bonds is 10. The molecule has 2 unspecified atom stereocenters. The van der Waals surface area contributed by atoms with Gasteiger partial charge in [-0.25, -0.2) is 4.79 Å². The second kappa shape index (κ2) is 10.5. The van der Waals surface area contributed by atoms with Crippen molar-refractivity contribution >= 4 is 11.9 Å². The number of amides is 1. The van der Waals surface area contributed by atoms with Gasteiger partial charge in [-0.1, -0.05) is 67.9 Å². The summed E-state index contributed by atoms with van der Waals surface area (Å²) in [6.07, 6.45) is 0.192. The Balaban J connectivity index is 2.13. The van der Waals surface area contributed by atoms with Crippen LogP contribution in [-0.4, -0.2) is 24.6 Å². The summed E-state index contributed by atoms with van der Waals surface area (Å²) < 4.78 is 10.8. The average molecular weight is 369 g/mol. The van der Waals surface area contributed by atoms with Gasteiger partial charge in [0.05, 0.1) is 6.61 Å². The van der Waals surface area contributed by atoms with E-state index in [1.54, 1.807) is 6.92 Å². The van der Waals surface area contributed by atoms with Crippen molar-refractivity contribution in [3.63, 3.8) is 0 Å². The van der Waals surface area contributed by atoms with Gasteiger partial charge in [0.2, 0.25) is 0 Å². The Morgan fingerprint density at radius 1 is 0.963 bits per heavy atom. The monoisotopic (exact) mass is 369 g/mol. The first-order valence-corrected chi connectivity index (χ1v) is 9.29. The number of esters is 1. The second-order valence-corrected chi connectivity index (χ2v) is 6.35. The number of nitrogens with two attached hydrogens (primary N) is 1. The van der Waals surface area contributed by atoms with Crippen molar-refractivity contribution in [2.75, 3.05) is 6.61 Å². The Hall–Kier alpha value is -2.66. The lowest BCUT2D eigenvalue weighted by molar-refractivity contribution is -0.163. The molecule has 0 aromatic heterocycles. The summed E-state index contributed by atoms with van der Waals surface area (Å²) in [5, 5.41) is 0. The molecule has 2 aromatic carbocycles. The van der Waals surface area contributed by atoms with Crippen molar-refractivity contribution in [1.82, 2.24) is 0 Å². The van der Waals surface area contributed by atoms with E-state index in [0.717, 1.165) is 18.4 Å². The van der Waals surface area contributed by atoms with Crippen molar-refractivity contribution in [3.8, 4) is 0 Å². The zero-order chi connectivity index (χ0) is 19.6. The number of ether oxygens (including phenoxy) is 2. The average Bonchev–Trinajstić information content (AvgIpc) is 2.66. The van der Waals surface area contributed by atoms with Gasteiger partial charge in [-0.15, -0.1) is 0 Å². The zero-order valence-electron chi connectivity index (χ0n) is 15.9. The van der Waals surface area contributed by atoms with Gasteiger partial charge in [-0.05, 0) is 36.5 Å². The van der Waals surface area contributed by atoms with Gasteiger partial charge in [0.25, 0.3) is 5.91 Å². The van der Waals surface area contributed by atoms with Crippen LogP contribution in [0.3, 0.4) is 0 Å². The Bertz CT molecular complexity index is 728. The normalized spacial score (nSPS) is 13.0. The Kier molecular flexibility index (Phi) is 8.01. The zero-order valence-corrected chi connectivity index (χ0v) is 15.9. The topological polar surface area (TPSA) is 78.6 Å². The van der Waals surface area contributed by atoms with E-state index in [1.807, 2.05) is 49.4 Å². The molecule has 0 heterocycles. The van der Waals surface area contributed by atoms with Gasteiger partial charge >= 0.3 is 5.97 Å². The third-order valence-corrected chi connectivity index (χ3v) is 4.19. The molecule has 1 amide bonds. The van der Waals surface area contributed by atoms with E-state index in [-0.39, 0.29) is 6.61 Å². The van der Waals surface area contributed by atoms with Gasteiger partial charge < -0.3 is 15.2 Å². The number of carbonyl (C=O) groups excluding carboxylic acids is 2. The van der Waals surface area contributed by atoms with Crippen LogP contribution in [0.1, 0.15) is 49.5 Å². The summed E-state index contributed by atoms with van der Waals surface area (Å²) in [6.45, 7) is 3.93. The van der Waals surface area contributed by atoms with E-state index < -0.39 is 24.1 Å². The molecule has 144 valence electrons. The van der Waals surface area contributed by atoms with Crippen molar-refractivity contribution < 1.29 is 19.1 Å². The molecule has 5 heteroatoms. The summed E-state index contributed by atoms with van der Waals surface area (Å²) in [7, 11) is 0. The standard InChI is InChI=1S/C22H27NO4/c1-3-8-19(22(25)26-4-2)27-20(21(23)24)18-13-11-17(12-14-18)15-16-9-6-5-7-10-16/h5-7,9-14,19-20H,3-4,8,15H2,1-2H3,(H2,23,24). The van der Waals surface area contributed by atoms with Crippen LogP contribution >= 0.6 is 0 Å². The minimum Gasteiger partial charge on any atom is -0.464 e. The molecule has 0 saturated carbocycles. The fraction of sp³-hybridized carbons (Fsp3) is 0.364. The third-order valence-electron chi connectivity index (χ3n) is 4.19. The maximum Gasteiger partial charge on any atom is 0.335 e. The van der Waals surface area contributed by atoms with Gasteiger partial charge in [0.1, 0.15) is 0 Å². The van der Waals surface area contributed by atoms with Crippen LogP contribution in [0, 0.1) is 0 Å². The molecule has 2 atom stereocenters. The van der Waals surface area contributed by atoms with Crippen LogP contribution in [0.2, 0.25) is 0 Å². The van der Waals surface area contributed by atoms with Gasteiger partial charge in [0, 0.05) is 0 Å². The maximum absolute atomic E-state index is 12.1. The highest BCUT2D eigenvalue weighted by molar-refractivity contribution is 5.81. The molecule has 27 heavy (non-hydrogen) atoms. The highest BCUT2D eigenvalue weighted by Crippen LogP contribution is 2.23. The predicted molar refractivity (Wildman–Crippen MR) is 104 cm³/mol. The van der Waals surface area contributed by atoms with Crippen LogP contribution < -0.4 is 5.73 Å². The maximum atomic E-state index is 12.1. The Labute approximate surface area is 160 Å². The van der Waals surface area contributed by atoms with Crippen LogP contribution in [0.25, 0.3) is 0 Å². The number of hydrogen-bond acceptors (Lipinski definition) is 4. The molecule has 0 fully saturated rings. The van der Waals surface area contributed by atoms with Crippen molar-refractivity contribution in [2.24, 2.45) is 5.73 Å². The van der Waals surface area contributed by atoms with Crippen LogP contribution in [0.15, 0.2) is 54.6 Å². The summed E-state index contributed by atoms with van der Waals surface area (Å²) in [5.74, 6) is -1.09. The van der Waals surface area contributed by atoms with E-state index in [2.05, 4.69) is 12.1 Å². The minimum absolute atomic E-state index is 0.262. The molecule has 0 aliphatic carbocycles. The molecule has 0 aliphatic heterocycles. The smallest absolute Gasteiger partial charge is 0.335 e. The molecule has 0 bridgehead atoms. The number of carbonyl (C=O) groups is 2. The van der Waals surface area contributed by atoms with E-state index in [9.17, 15) is 9.59 Å². The van der Waals surface area contributed by atoms with Gasteiger partial charge in [-0.2, -0.15) is 0 Å². The third kappa shape index (κ3) is 6.22. The molecular formula is C22H27NO4. The quantitative estimate of drug-likeness (QED) is 0.650. The van der Waals surface area contributed by atoms with E-state index >= 15 is 0 Å². The van der Waals surface area contributed by atoms with Crippen LogP contribution in [-0.2, 0) is 25.5 Å². The van der Waals surface area contributed by atoms with E-state index in [4.69, 9.17) is 15.2 Å². The van der Waals surface area contributed by atoms with E-state index in [1.165, 1.54) is 5.56 Å². The SMILES string of the molecule is CCCC(OC(C(N)=O)c1ccc(Cc2ccccc2)cc1)C(=O)OCC. The number of primary amides is 1. The van der Waals surface area contributed by atoms with Crippen LogP contribution in [0.5, 0.6) is 0 Å². The first-order valence-electron chi connectivity index (χ1n) is 9.29. The molecule has 0 radical (unpaired) electrons. The van der Waals surface area contributed by atoms with Gasteiger partial charge in [-0.3, -0.25) is 4.79 Å². The predicted octanol–water partition coefficient (Wildman–Crippen LogP) is 3.55. The summed E-state index contributed by atoms with van der Waals surface area (Å²) >= 11 is 0. The highest BCUT2D eigenvalue weighted by Gasteiger charge is 2.28. The van der Waals surface area contributed by atoms with Crippen molar-refractivity contribution in [1.29, 1.82) is 0 Å². The molecule has 2 N–H and O–H groups in total. The Morgan fingerprint density at radius 3 is 2.15 bits per heavy atom. The largest absolute Gasteiger partial charge is 0.464 e. The lowest BCUT2D eigenvalue weighted by atomic mass is 10.0. The summed E-state index contributed by atoms with van der Waals surface area (Å²) in [5.41, 5.74) is 8.48. The molecule has 0 saturated heterocycles. The van der Waals surface area contributed by atoms with E-state index in [0.29, 0.717) is 12.0 Å². The number of benzene rings is 2. The lowest BCUT2D eigenvalue weighted by Gasteiger charge is -2.22. The van der Waals surface area contributed by atoms with Crippen LogP contribution in [0.4, 0.5) is 0 Å². The highest BCUT2D eigenvalue weighted by atomic mass is 16.6. The molecule has 2 rings (SSSR count).